The Bertz CT molecular complexity index is 273. The summed E-state index contributed by atoms with van der Waals surface area (Å²) < 4.78 is 6.24. The van der Waals surface area contributed by atoms with E-state index in [1.54, 1.807) is 0 Å². The minimum absolute atomic E-state index is 0.186. The molecule has 0 aromatic heterocycles. The van der Waals surface area contributed by atoms with Crippen LogP contribution < -0.4 is 5.32 Å². The van der Waals surface area contributed by atoms with Crippen LogP contribution in [0.15, 0.2) is 0 Å². The van der Waals surface area contributed by atoms with Crippen molar-refractivity contribution < 1.29 is 4.74 Å². The highest BCUT2D eigenvalue weighted by atomic mass is 16.5. The number of rotatable bonds is 9. The zero-order chi connectivity index (χ0) is 15.9. The van der Waals surface area contributed by atoms with Crippen molar-refractivity contribution in [3.8, 4) is 0 Å². The number of nitrogens with zero attached hydrogens (tertiary/aromatic N) is 1. The van der Waals surface area contributed by atoms with Crippen LogP contribution >= 0.6 is 0 Å². The molecule has 1 N–H and O–H groups in total. The van der Waals surface area contributed by atoms with Gasteiger partial charge in [-0.15, -0.1) is 0 Å². The Morgan fingerprint density at radius 1 is 1.14 bits per heavy atom. The maximum Gasteiger partial charge on any atom is 0.0707 e. The molecule has 0 saturated carbocycles. The van der Waals surface area contributed by atoms with Gasteiger partial charge in [-0.25, -0.2) is 0 Å². The van der Waals surface area contributed by atoms with Crippen molar-refractivity contribution in [2.24, 2.45) is 0 Å². The van der Waals surface area contributed by atoms with Crippen LogP contribution in [0.5, 0.6) is 0 Å². The van der Waals surface area contributed by atoms with E-state index >= 15 is 0 Å². The standard InChI is InChI=1S/C18H38N2O/c1-7-8-9-12-20(15(2)3)14-17-11-10-16(21-17)13-19-18(4,5)6/h15-17,19H,7-14H2,1-6H3. The number of ether oxygens (including phenoxy) is 1. The normalized spacial score (nSPS) is 23.4. The molecule has 0 spiro atoms. The van der Waals surface area contributed by atoms with Crippen molar-refractivity contribution in [1.82, 2.24) is 10.2 Å². The van der Waals surface area contributed by atoms with Gasteiger partial charge in [0.05, 0.1) is 12.2 Å². The fourth-order valence-corrected chi connectivity index (χ4v) is 2.87. The summed E-state index contributed by atoms with van der Waals surface area (Å²) in [4.78, 5) is 2.60. The molecule has 2 unspecified atom stereocenters. The van der Waals surface area contributed by atoms with Crippen LogP contribution in [0.2, 0.25) is 0 Å². The Labute approximate surface area is 132 Å². The first-order valence-electron chi connectivity index (χ1n) is 8.96. The molecule has 0 aromatic rings. The van der Waals surface area contributed by atoms with Crippen molar-refractivity contribution in [3.63, 3.8) is 0 Å². The van der Waals surface area contributed by atoms with E-state index in [4.69, 9.17) is 4.74 Å². The molecule has 0 radical (unpaired) electrons. The molecule has 3 heteroatoms. The Hall–Kier alpha value is -0.120. The maximum absolute atomic E-state index is 6.24. The molecule has 1 fully saturated rings. The van der Waals surface area contributed by atoms with Crippen molar-refractivity contribution in [3.05, 3.63) is 0 Å². The van der Waals surface area contributed by atoms with Crippen LogP contribution in [0.25, 0.3) is 0 Å². The highest BCUT2D eigenvalue weighted by Gasteiger charge is 2.28. The van der Waals surface area contributed by atoms with E-state index in [0.717, 1.165) is 13.1 Å². The number of hydrogen-bond acceptors (Lipinski definition) is 3. The first kappa shape index (κ1) is 18.9. The van der Waals surface area contributed by atoms with E-state index < -0.39 is 0 Å². The van der Waals surface area contributed by atoms with Gasteiger partial charge in [-0.3, -0.25) is 4.90 Å². The van der Waals surface area contributed by atoms with Crippen molar-refractivity contribution in [2.45, 2.75) is 97.4 Å². The minimum atomic E-state index is 0.186. The molecular formula is C18H38N2O. The summed E-state index contributed by atoms with van der Waals surface area (Å²) in [5.74, 6) is 0. The third-order valence-corrected chi connectivity index (χ3v) is 4.27. The summed E-state index contributed by atoms with van der Waals surface area (Å²) in [5, 5.41) is 3.56. The smallest absolute Gasteiger partial charge is 0.0707 e. The highest BCUT2D eigenvalue weighted by molar-refractivity contribution is 4.81. The van der Waals surface area contributed by atoms with Crippen LogP contribution in [0, 0.1) is 0 Å². The summed E-state index contributed by atoms with van der Waals surface area (Å²) in [6.45, 7) is 16.8. The van der Waals surface area contributed by atoms with Crippen molar-refractivity contribution >= 4 is 0 Å². The number of hydrogen-bond donors (Lipinski definition) is 1. The van der Waals surface area contributed by atoms with E-state index in [0.29, 0.717) is 18.2 Å². The lowest BCUT2D eigenvalue weighted by Crippen LogP contribution is -2.42. The van der Waals surface area contributed by atoms with Gasteiger partial charge >= 0.3 is 0 Å². The van der Waals surface area contributed by atoms with Gasteiger partial charge in [0.1, 0.15) is 0 Å². The molecule has 2 atom stereocenters. The van der Waals surface area contributed by atoms with Crippen LogP contribution in [0.3, 0.4) is 0 Å². The second-order valence-electron chi connectivity index (χ2n) is 7.88. The molecule has 1 heterocycles. The summed E-state index contributed by atoms with van der Waals surface area (Å²) in [6.07, 6.45) is 7.21. The zero-order valence-electron chi connectivity index (χ0n) is 15.2. The third-order valence-electron chi connectivity index (χ3n) is 4.27. The van der Waals surface area contributed by atoms with Crippen molar-refractivity contribution in [2.75, 3.05) is 19.6 Å². The van der Waals surface area contributed by atoms with Gasteiger partial charge in [-0.2, -0.15) is 0 Å². The summed E-state index contributed by atoms with van der Waals surface area (Å²) in [5.41, 5.74) is 0.186. The summed E-state index contributed by atoms with van der Waals surface area (Å²) in [7, 11) is 0. The molecule has 0 aromatic carbocycles. The highest BCUT2D eigenvalue weighted by Crippen LogP contribution is 2.21. The van der Waals surface area contributed by atoms with Crippen LogP contribution in [0.4, 0.5) is 0 Å². The topological polar surface area (TPSA) is 24.5 Å². The van der Waals surface area contributed by atoms with Gasteiger partial charge in [0, 0.05) is 24.7 Å². The van der Waals surface area contributed by atoms with Crippen LogP contribution in [-0.4, -0.2) is 48.3 Å². The number of unbranched alkanes of at least 4 members (excludes halogenated alkanes) is 2. The SMILES string of the molecule is CCCCCN(CC1CCC(CNC(C)(C)C)O1)C(C)C. The monoisotopic (exact) mass is 298 g/mol. The first-order valence-corrected chi connectivity index (χ1v) is 8.96. The first-order chi connectivity index (χ1) is 9.81. The van der Waals surface area contributed by atoms with Gasteiger partial charge in [-0.05, 0) is 60.4 Å². The largest absolute Gasteiger partial charge is 0.372 e. The van der Waals surface area contributed by atoms with Gasteiger partial charge in [0.15, 0.2) is 0 Å². The van der Waals surface area contributed by atoms with Crippen molar-refractivity contribution in [1.29, 1.82) is 0 Å². The van der Waals surface area contributed by atoms with E-state index in [1.165, 1.54) is 38.6 Å². The summed E-state index contributed by atoms with van der Waals surface area (Å²) >= 11 is 0. The Morgan fingerprint density at radius 2 is 1.81 bits per heavy atom. The molecule has 1 rings (SSSR count). The lowest BCUT2D eigenvalue weighted by molar-refractivity contribution is 0.0147. The Balaban J connectivity index is 2.30. The molecular weight excluding hydrogens is 260 g/mol. The lowest BCUT2D eigenvalue weighted by Gasteiger charge is -2.29. The molecule has 1 aliphatic rings. The number of nitrogens with one attached hydrogen (secondary N) is 1. The second-order valence-corrected chi connectivity index (χ2v) is 7.88. The summed E-state index contributed by atoms with van der Waals surface area (Å²) in [6, 6.07) is 0.622. The third kappa shape index (κ3) is 8.18. The van der Waals surface area contributed by atoms with E-state index in [-0.39, 0.29) is 5.54 Å². The molecule has 126 valence electrons. The zero-order valence-corrected chi connectivity index (χ0v) is 15.2. The van der Waals surface area contributed by atoms with Gasteiger partial charge in [0.25, 0.3) is 0 Å². The minimum Gasteiger partial charge on any atom is -0.372 e. The molecule has 0 bridgehead atoms. The average molecular weight is 299 g/mol. The molecule has 0 amide bonds. The quantitative estimate of drug-likeness (QED) is 0.655. The Kier molecular flexibility index (Phi) is 8.22. The van der Waals surface area contributed by atoms with Crippen LogP contribution in [0.1, 0.15) is 73.6 Å². The molecule has 1 saturated heterocycles. The fraction of sp³-hybridized carbons (Fsp3) is 1.00. The maximum atomic E-state index is 6.24. The molecule has 1 aliphatic heterocycles. The van der Waals surface area contributed by atoms with Gasteiger partial charge in [0.2, 0.25) is 0 Å². The van der Waals surface area contributed by atoms with E-state index in [2.05, 4.69) is 51.8 Å². The van der Waals surface area contributed by atoms with Gasteiger partial charge < -0.3 is 10.1 Å². The van der Waals surface area contributed by atoms with E-state index in [9.17, 15) is 0 Å². The molecule has 3 nitrogen and oxygen atoms in total. The fourth-order valence-electron chi connectivity index (χ4n) is 2.87. The second kappa shape index (κ2) is 9.12. The predicted molar refractivity (Wildman–Crippen MR) is 91.9 cm³/mol. The van der Waals surface area contributed by atoms with Crippen LogP contribution in [-0.2, 0) is 4.74 Å². The Morgan fingerprint density at radius 3 is 2.38 bits per heavy atom. The molecule has 21 heavy (non-hydrogen) atoms. The van der Waals surface area contributed by atoms with Gasteiger partial charge in [-0.1, -0.05) is 19.8 Å². The average Bonchev–Trinajstić information content (AvgIpc) is 2.82. The molecule has 0 aliphatic carbocycles. The lowest BCUT2D eigenvalue weighted by atomic mass is 10.1. The van der Waals surface area contributed by atoms with E-state index in [1.807, 2.05) is 0 Å². The predicted octanol–water partition coefficient (Wildman–Crippen LogP) is 3.82.